The standard InChI is InChI=1S/C10H21NO4S/c1-3-16(12,13)11-6-4-5-10(9-11)15-8-7-14-2/h10H,3-9H2,1-2H3. The van der Waals surface area contributed by atoms with E-state index in [9.17, 15) is 8.42 Å². The van der Waals surface area contributed by atoms with Gasteiger partial charge in [-0.3, -0.25) is 0 Å². The number of hydrogen-bond donors (Lipinski definition) is 0. The summed E-state index contributed by atoms with van der Waals surface area (Å²) in [6.45, 7) is 3.86. The third kappa shape index (κ3) is 4.01. The van der Waals surface area contributed by atoms with Crippen molar-refractivity contribution in [3.05, 3.63) is 0 Å². The average molecular weight is 251 g/mol. The van der Waals surface area contributed by atoms with Gasteiger partial charge in [0.1, 0.15) is 0 Å². The van der Waals surface area contributed by atoms with Gasteiger partial charge in [-0.1, -0.05) is 0 Å². The predicted octanol–water partition coefficient (Wildman–Crippen LogP) is 0.464. The minimum atomic E-state index is -3.06. The largest absolute Gasteiger partial charge is 0.382 e. The molecule has 1 fully saturated rings. The van der Waals surface area contributed by atoms with E-state index in [0.29, 0.717) is 26.3 Å². The van der Waals surface area contributed by atoms with Crippen molar-refractivity contribution in [1.82, 2.24) is 4.31 Å². The lowest BCUT2D eigenvalue weighted by Gasteiger charge is -2.31. The zero-order valence-corrected chi connectivity index (χ0v) is 10.8. The Hall–Kier alpha value is -0.170. The number of nitrogens with zero attached hydrogens (tertiary/aromatic N) is 1. The molecule has 0 N–H and O–H groups in total. The molecule has 1 aliphatic rings. The molecule has 5 nitrogen and oxygen atoms in total. The highest BCUT2D eigenvalue weighted by atomic mass is 32.2. The van der Waals surface area contributed by atoms with Gasteiger partial charge in [0.25, 0.3) is 0 Å². The van der Waals surface area contributed by atoms with Crippen LogP contribution in [-0.2, 0) is 19.5 Å². The Morgan fingerprint density at radius 3 is 2.75 bits per heavy atom. The summed E-state index contributed by atoms with van der Waals surface area (Å²) in [4.78, 5) is 0. The van der Waals surface area contributed by atoms with Gasteiger partial charge in [0.05, 0.1) is 25.1 Å². The van der Waals surface area contributed by atoms with Crippen molar-refractivity contribution in [2.45, 2.75) is 25.9 Å². The van der Waals surface area contributed by atoms with Crippen LogP contribution in [0.15, 0.2) is 0 Å². The van der Waals surface area contributed by atoms with Crippen molar-refractivity contribution in [3.63, 3.8) is 0 Å². The number of methoxy groups -OCH3 is 1. The summed E-state index contributed by atoms with van der Waals surface area (Å²) in [6.07, 6.45) is 1.82. The van der Waals surface area contributed by atoms with E-state index in [2.05, 4.69) is 0 Å². The van der Waals surface area contributed by atoms with E-state index in [4.69, 9.17) is 9.47 Å². The van der Waals surface area contributed by atoms with Crippen LogP contribution < -0.4 is 0 Å². The Kier molecular flexibility index (Phi) is 5.68. The zero-order chi connectivity index (χ0) is 12.0. The van der Waals surface area contributed by atoms with E-state index in [0.717, 1.165) is 12.8 Å². The van der Waals surface area contributed by atoms with E-state index in [1.54, 1.807) is 14.0 Å². The molecule has 0 aromatic carbocycles. The van der Waals surface area contributed by atoms with Crippen molar-refractivity contribution >= 4 is 10.0 Å². The molecule has 96 valence electrons. The van der Waals surface area contributed by atoms with Crippen molar-refractivity contribution in [2.75, 3.05) is 39.2 Å². The first kappa shape index (κ1) is 13.9. The van der Waals surface area contributed by atoms with Crippen LogP contribution in [-0.4, -0.2) is 58.0 Å². The van der Waals surface area contributed by atoms with Crippen molar-refractivity contribution in [3.8, 4) is 0 Å². The molecule has 0 amide bonds. The van der Waals surface area contributed by atoms with Crippen LogP contribution in [0.1, 0.15) is 19.8 Å². The third-order valence-corrected chi connectivity index (χ3v) is 4.59. The molecule has 0 aliphatic carbocycles. The molecule has 0 bridgehead atoms. The normalized spacial score (nSPS) is 23.5. The van der Waals surface area contributed by atoms with Gasteiger partial charge in [-0.05, 0) is 19.8 Å². The smallest absolute Gasteiger partial charge is 0.213 e. The fourth-order valence-electron chi connectivity index (χ4n) is 1.77. The van der Waals surface area contributed by atoms with Crippen LogP contribution in [0.2, 0.25) is 0 Å². The Balaban J connectivity index is 2.41. The predicted molar refractivity (Wildman–Crippen MR) is 61.9 cm³/mol. The van der Waals surface area contributed by atoms with Gasteiger partial charge in [-0.15, -0.1) is 0 Å². The highest BCUT2D eigenvalue weighted by molar-refractivity contribution is 7.89. The molecular weight excluding hydrogens is 230 g/mol. The first-order valence-electron chi connectivity index (χ1n) is 5.68. The van der Waals surface area contributed by atoms with Gasteiger partial charge in [0, 0.05) is 20.2 Å². The molecular formula is C10H21NO4S. The van der Waals surface area contributed by atoms with E-state index < -0.39 is 10.0 Å². The summed E-state index contributed by atoms with van der Waals surface area (Å²) >= 11 is 0. The third-order valence-electron chi connectivity index (χ3n) is 2.74. The molecule has 1 aliphatic heterocycles. The Morgan fingerprint density at radius 2 is 2.12 bits per heavy atom. The van der Waals surface area contributed by atoms with Crippen LogP contribution in [0.25, 0.3) is 0 Å². The molecule has 16 heavy (non-hydrogen) atoms. The van der Waals surface area contributed by atoms with Gasteiger partial charge >= 0.3 is 0 Å². The monoisotopic (exact) mass is 251 g/mol. The number of rotatable bonds is 6. The van der Waals surface area contributed by atoms with Gasteiger partial charge in [0.2, 0.25) is 10.0 Å². The van der Waals surface area contributed by atoms with E-state index in [1.165, 1.54) is 4.31 Å². The average Bonchev–Trinajstić information content (AvgIpc) is 2.30. The topological polar surface area (TPSA) is 55.8 Å². The number of hydrogen-bond acceptors (Lipinski definition) is 4. The summed E-state index contributed by atoms with van der Waals surface area (Å²) in [6, 6.07) is 0. The molecule has 6 heteroatoms. The summed E-state index contributed by atoms with van der Waals surface area (Å²) in [5.74, 6) is 0.164. The highest BCUT2D eigenvalue weighted by Gasteiger charge is 2.27. The second kappa shape index (κ2) is 6.54. The molecule has 1 heterocycles. The van der Waals surface area contributed by atoms with Gasteiger partial charge in [0.15, 0.2) is 0 Å². The summed E-state index contributed by atoms with van der Waals surface area (Å²) < 4.78 is 35.3. The van der Waals surface area contributed by atoms with Crippen LogP contribution in [0.3, 0.4) is 0 Å². The maximum atomic E-state index is 11.7. The van der Waals surface area contributed by atoms with Crippen molar-refractivity contribution < 1.29 is 17.9 Å². The van der Waals surface area contributed by atoms with Crippen LogP contribution in [0.5, 0.6) is 0 Å². The lowest BCUT2D eigenvalue weighted by atomic mass is 10.1. The van der Waals surface area contributed by atoms with Gasteiger partial charge < -0.3 is 9.47 Å². The number of sulfonamides is 1. The Bertz CT molecular complexity index is 291. The van der Waals surface area contributed by atoms with Crippen molar-refractivity contribution in [2.24, 2.45) is 0 Å². The lowest BCUT2D eigenvalue weighted by Crippen LogP contribution is -2.44. The van der Waals surface area contributed by atoms with E-state index in [1.807, 2.05) is 0 Å². The second-order valence-corrected chi connectivity index (χ2v) is 6.14. The molecule has 1 unspecified atom stereocenters. The van der Waals surface area contributed by atoms with Gasteiger partial charge in [-0.2, -0.15) is 4.31 Å². The number of ether oxygens (including phenoxy) is 2. The van der Waals surface area contributed by atoms with Crippen molar-refractivity contribution in [1.29, 1.82) is 0 Å². The quantitative estimate of drug-likeness (QED) is 0.644. The highest BCUT2D eigenvalue weighted by Crippen LogP contribution is 2.16. The maximum absolute atomic E-state index is 11.7. The molecule has 0 spiro atoms. The SMILES string of the molecule is CCS(=O)(=O)N1CCCC(OCCOC)C1. The molecule has 0 aromatic rings. The molecule has 0 radical (unpaired) electrons. The minimum Gasteiger partial charge on any atom is -0.382 e. The molecule has 0 saturated carbocycles. The minimum absolute atomic E-state index is 0.0187. The van der Waals surface area contributed by atoms with Crippen LogP contribution in [0.4, 0.5) is 0 Å². The fraction of sp³-hybridized carbons (Fsp3) is 1.00. The van der Waals surface area contributed by atoms with Crippen LogP contribution >= 0.6 is 0 Å². The van der Waals surface area contributed by atoms with E-state index in [-0.39, 0.29) is 11.9 Å². The Morgan fingerprint density at radius 1 is 1.38 bits per heavy atom. The fourth-order valence-corrected chi connectivity index (χ4v) is 2.94. The first-order valence-corrected chi connectivity index (χ1v) is 7.29. The zero-order valence-electron chi connectivity index (χ0n) is 10.0. The summed E-state index contributed by atoms with van der Waals surface area (Å²) in [5.41, 5.74) is 0. The van der Waals surface area contributed by atoms with Gasteiger partial charge in [-0.25, -0.2) is 8.42 Å². The maximum Gasteiger partial charge on any atom is 0.213 e. The summed E-state index contributed by atoms with van der Waals surface area (Å²) in [5, 5.41) is 0. The van der Waals surface area contributed by atoms with E-state index >= 15 is 0 Å². The lowest BCUT2D eigenvalue weighted by molar-refractivity contribution is -0.00649. The Labute approximate surface area is 97.8 Å². The molecule has 1 atom stereocenters. The summed E-state index contributed by atoms with van der Waals surface area (Å²) in [7, 11) is -1.44. The van der Waals surface area contributed by atoms with Crippen LogP contribution in [0, 0.1) is 0 Å². The number of piperidine rings is 1. The first-order chi connectivity index (χ1) is 7.60. The second-order valence-electron chi connectivity index (χ2n) is 3.89. The molecule has 1 saturated heterocycles. The molecule has 0 aromatic heterocycles. The molecule has 1 rings (SSSR count).